The number of carboxylic acid groups (broad SMARTS) is 1. The number of nitrogens with zero attached hydrogens (tertiary/aromatic N) is 3. The fraction of sp³-hybridized carbons (Fsp3) is 0.250. The van der Waals surface area contributed by atoms with E-state index in [1.165, 1.54) is 0 Å². The molecule has 0 radical (unpaired) electrons. The van der Waals surface area contributed by atoms with E-state index in [1.54, 1.807) is 6.07 Å². The summed E-state index contributed by atoms with van der Waals surface area (Å²) in [6.45, 7) is 5.25. The van der Waals surface area contributed by atoms with Crippen LogP contribution in [0, 0.1) is 6.92 Å². The molecule has 0 aliphatic heterocycles. The lowest BCUT2D eigenvalue weighted by molar-refractivity contribution is 0.0686. The molecule has 0 fully saturated rings. The first-order valence-corrected chi connectivity index (χ1v) is 6.95. The molecule has 108 valence electrons. The first kappa shape index (κ1) is 13.4. The number of para-hydroxylation sites is 1. The van der Waals surface area contributed by atoms with Crippen LogP contribution in [0.25, 0.3) is 10.9 Å². The summed E-state index contributed by atoms with van der Waals surface area (Å²) in [5.74, 6) is -0.912. The number of benzene rings is 1. The molecule has 2 aromatic heterocycles. The number of fused-ring (bicyclic) bond motifs is 1. The zero-order chi connectivity index (χ0) is 15.0. The van der Waals surface area contributed by atoms with E-state index in [0.29, 0.717) is 12.2 Å². The number of rotatable bonds is 4. The van der Waals surface area contributed by atoms with Crippen LogP contribution in [0.3, 0.4) is 0 Å². The smallest absolute Gasteiger partial charge is 0.352 e. The minimum Gasteiger partial charge on any atom is -0.477 e. The van der Waals surface area contributed by atoms with Crippen LogP contribution in [0.5, 0.6) is 0 Å². The van der Waals surface area contributed by atoms with Gasteiger partial charge in [-0.15, -0.1) is 0 Å². The summed E-state index contributed by atoms with van der Waals surface area (Å²) in [7, 11) is 0. The molecule has 0 aliphatic rings. The van der Waals surface area contributed by atoms with Crippen LogP contribution < -0.4 is 0 Å². The molecule has 5 nitrogen and oxygen atoms in total. The minimum atomic E-state index is -0.912. The summed E-state index contributed by atoms with van der Waals surface area (Å²) >= 11 is 0. The van der Waals surface area contributed by atoms with Crippen LogP contribution in [0.4, 0.5) is 0 Å². The average molecular weight is 283 g/mol. The number of aromatic nitrogens is 3. The summed E-state index contributed by atoms with van der Waals surface area (Å²) in [5.41, 5.74) is 3.19. The second-order valence-electron chi connectivity index (χ2n) is 5.07. The van der Waals surface area contributed by atoms with Crippen molar-refractivity contribution >= 4 is 16.9 Å². The van der Waals surface area contributed by atoms with E-state index < -0.39 is 5.97 Å². The Balaban J connectivity index is 2.14. The Labute approximate surface area is 122 Å². The second kappa shape index (κ2) is 5.09. The molecule has 1 N–H and O–H groups in total. The first-order valence-electron chi connectivity index (χ1n) is 6.95. The molecule has 0 aliphatic carbocycles. The minimum absolute atomic E-state index is 0.303. The van der Waals surface area contributed by atoms with E-state index in [2.05, 4.69) is 5.10 Å². The maximum absolute atomic E-state index is 11.5. The van der Waals surface area contributed by atoms with Gasteiger partial charge in [0, 0.05) is 17.4 Å². The Hall–Kier alpha value is -2.56. The molecule has 3 rings (SSSR count). The van der Waals surface area contributed by atoms with Gasteiger partial charge in [0.2, 0.25) is 0 Å². The molecule has 0 atom stereocenters. The van der Waals surface area contributed by atoms with Gasteiger partial charge in [-0.05, 0) is 32.0 Å². The van der Waals surface area contributed by atoms with Crippen molar-refractivity contribution in [3.05, 3.63) is 53.5 Å². The Morgan fingerprint density at radius 2 is 2.05 bits per heavy atom. The molecule has 2 heterocycles. The largest absolute Gasteiger partial charge is 0.477 e. The molecular weight excluding hydrogens is 266 g/mol. The number of aryl methyl sites for hydroxylation is 2. The van der Waals surface area contributed by atoms with Crippen LogP contribution in [-0.4, -0.2) is 25.4 Å². The van der Waals surface area contributed by atoms with Crippen molar-refractivity contribution in [3.8, 4) is 0 Å². The number of aromatic carboxylic acids is 1. The van der Waals surface area contributed by atoms with Crippen molar-refractivity contribution in [2.24, 2.45) is 0 Å². The van der Waals surface area contributed by atoms with Crippen LogP contribution >= 0.6 is 0 Å². The third-order valence-corrected chi connectivity index (χ3v) is 3.63. The van der Waals surface area contributed by atoms with Gasteiger partial charge >= 0.3 is 5.97 Å². The average Bonchev–Trinajstić information content (AvgIpc) is 3.00. The van der Waals surface area contributed by atoms with Gasteiger partial charge in [-0.25, -0.2) is 4.79 Å². The molecule has 0 unspecified atom stereocenters. The molecule has 0 spiro atoms. The lowest BCUT2D eigenvalue weighted by Crippen LogP contribution is -2.12. The lowest BCUT2D eigenvalue weighted by atomic mass is 10.2. The molecule has 0 bridgehead atoms. The predicted molar refractivity (Wildman–Crippen MR) is 80.6 cm³/mol. The highest BCUT2D eigenvalue weighted by molar-refractivity contribution is 5.94. The second-order valence-corrected chi connectivity index (χ2v) is 5.07. The maximum Gasteiger partial charge on any atom is 0.352 e. The summed E-state index contributed by atoms with van der Waals surface area (Å²) in [5, 5.41) is 14.8. The molecule has 5 heteroatoms. The van der Waals surface area contributed by atoms with E-state index >= 15 is 0 Å². The van der Waals surface area contributed by atoms with Crippen LogP contribution in [0.15, 0.2) is 36.4 Å². The zero-order valence-corrected chi connectivity index (χ0v) is 12.1. The van der Waals surface area contributed by atoms with Crippen molar-refractivity contribution in [2.45, 2.75) is 26.9 Å². The molecule has 21 heavy (non-hydrogen) atoms. The molecular formula is C16H17N3O2. The lowest BCUT2D eigenvalue weighted by Gasteiger charge is -2.10. The molecule has 1 aromatic carbocycles. The van der Waals surface area contributed by atoms with Gasteiger partial charge < -0.3 is 9.67 Å². The van der Waals surface area contributed by atoms with Crippen molar-refractivity contribution in [1.29, 1.82) is 0 Å². The summed E-state index contributed by atoms with van der Waals surface area (Å²) < 4.78 is 3.75. The standard InChI is InChI=1S/C16H17N3O2/c1-3-19-13(8-11(2)17-19)10-18-14-7-5-4-6-12(14)9-15(18)16(20)21/h4-9H,3,10H2,1-2H3,(H,20,21). The van der Waals surface area contributed by atoms with E-state index in [0.717, 1.165) is 28.8 Å². The molecule has 0 amide bonds. The van der Waals surface area contributed by atoms with E-state index in [-0.39, 0.29) is 0 Å². The fourth-order valence-corrected chi connectivity index (χ4v) is 2.72. The predicted octanol–water partition coefficient (Wildman–Crippen LogP) is 2.91. The Morgan fingerprint density at radius 1 is 1.29 bits per heavy atom. The van der Waals surface area contributed by atoms with Gasteiger partial charge in [-0.2, -0.15) is 5.10 Å². The Morgan fingerprint density at radius 3 is 2.76 bits per heavy atom. The van der Waals surface area contributed by atoms with Crippen LogP contribution in [0.1, 0.15) is 28.8 Å². The monoisotopic (exact) mass is 283 g/mol. The molecule has 0 saturated heterocycles. The van der Waals surface area contributed by atoms with E-state index in [4.69, 9.17) is 0 Å². The number of hydrogen-bond donors (Lipinski definition) is 1. The van der Waals surface area contributed by atoms with E-state index in [1.807, 2.05) is 53.4 Å². The number of hydrogen-bond acceptors (Lipinski definition) is 2. The Kier molecular flexibility index (Phi) is 3.25. The van der Waals surface area contributed by atoms with Gasteiger partial charge in [-0.1, -0.05) is 18.2 Å². The SMILES string of the molecule is CCn1nc(C)cc1Cn1c(C(=O)O)cc2ccccc21. The van der Waals surface area contributed by atoms with E-state index in [9.17, 15) is 9.90 Å². The normalized spacial score (nSPS) is 11.1. The van der Waals surface area contributed by atoms with Crippen LogP contribution in [-0.2, 0) is 13.1 Å². The highest BCUT2D eigenvalue weighted by Gasteiger charge is 2.16. The van der Waals surface area contributed by atoms with Crippen molar-refractivity contribution in [1.82, 2.24) is 14.3 Å². The third kappa shape index (κ3) is 2.31. The van der Waals surface area contributed by atoms with Gasteiger partial charge in [0.05, 0.1) is 17.9 Å². The van der Waals surface area contributed by atoms with Crippen molar-refractivity contribution < 1.29 is 9.90 Å². The molecule has 3 aromatic rings. The fourth-order valence-electron chi connectivity index (χ4n) is 2.72. The number of carboxylic acids is 1. The zero-order valence-electron chi connectivity index (χ0n) is 12.1. The van der Waals surface area contributed by atoms with Gasteiger partial charge in [0.15, 0.2) is 0 Å². The van der Waals surface area contributed by atoms with Crippen LogP contribution in [0.2, 0.25) is 0 Å². The third-order valence-electron chi connectivity index (χ3n) is 3.63. The molecule has 0 saturated carbocycles. The van der Waals surface area contributed by atoms with Gasteiger partial charge in [-0.3, -0.25) is 4.68 Å². The van der Waals surface area contributed by atoms with Gasteiger partial charge in [0.25, 0.3) is 0 Å². The summed E-state index contributed by atoms with van der Waals surface area (Å²) in [4.78, 5) is 11.5. The number of carbonyl (C=O) groups is 1. The summed E-state index contributed by atoms with van der Waals surface area (Å²) in [6.07, 6.45) is 0. The summed E-state index contributed by atoms with van der Waals surface area (Å²) in [6, 6.07) is 11.4. The quantitative estimate of drug-likeness (QED) is 0.801. The van der Waals surface area contributed by atoms with Gasteiger partial charge in [0.1, 0.15) is 5.69 Å². The van der Waals surface area contributed by atoms with Crippen molar-refractivity contribution in [3.63, 3.8) is 0 Å². The highest BCUT2D eigenvalue weighted by Crippen LogP contribution is 2.21. The maximum atomic E-state index is 11.5. The van der Waals surface area contributed by atoms with Crippen molar-refractivity contribution in [2.75, 3.05) is 0 Å². The Bertz CT molecular complexity index is 814. The highest BCUT2D eigenvalue weighted by atomic mass is 16.4. The topological polar surface area (TPSA) is 60.0 Å². The first-order chi connectivity index (χ1) is 10.1.